The summed E-state index contributed by atoms with van der Waals surface area (Å²) in [5.41, 5.74) is 4.90. The fourth-order valence-corrected chi connectivity index (χ4v) is 0.553. The van der Waals surface area contributed by atoms with E-state index in [0.29, 0.717) is 0 Å². The Hall–Kier alpha value is -0.710. The van der Waals surface area contributed by atoms with Crippen LogP contribution >= 0.6 is 0 Å². The molecule has 0 saturated heterocycles. The van der Waals surface area contributed by atoms with Gasteiger partial charge in [-0.15, -0.1) is 0 Å². The number of carboxylic acid groups (broad SMARTS) is 1. The Morgan fingerprint density at radius 3 is 2.45 bits per heavy atom. The van der Waals surface area contributed by atoms with Gasteiger partial charge in [-0.1, -0.05) is 6.92 Å². The van der Waals surface area contributed by atoms with Crippen LogP contribution in [0.3, 0.4) is 0 Å². The van der Waals surface area contributed by atoms with Crippen LogP contribution in [0.4, 0.5) is 8.78 Å². The molecule has 0 aliphatic carbocycles. The maximum atomic E-state index is 12.4. The number of rotatable bonds is 4. The SMILES string of the molecule is CCC(F)(F)C[C@@H](N)C(=O)O. The number of carbonyl (C=O) groups is 1. The van der Waals surface area contributed by atoms with Crippen molar-refractivity contribution in [3.63, 3.8) is 0 Å². The van der Waals surface area contributed by atoms with Gasteiger partial charge < -0.3 is 10.8 Å². The Labute approximate surface area is 63.2 Å². The number of hydrogen-bond acceptors (Lipinski definition) is 2. The molecule has 3 nitrogen and oxygen atoms in total. The second kappa shape index (κ2) is 3.61. The van der Waals surface area contributed by atoms with Gasteiger partial charge in [0.15, 0.2) is 0 Å². The molecule has 0 aliphatic rings. The summed E-state index contributed by atoms with van der Waals surface area (Å²) in [5.74, 6) is -4.35. The molecular weight excluding hydrogens is 156 g/mol. The van der Waals surface area contributed by atoms with Crippen LogP contribution < -0.4 is 5.73 Å². The van der Waals surface area contributed by atoms with E-state index in [2.05, 4.69) is 0 Å². The molecule has 0 spiro atoms. The monoisotopic (exact) mass is 167 g/mol. The number of nitrogens with two attached hydrogens (primary N) is 1. The molecular formula is C6H11F2NO2. The van der Waals surface area contributed by atoms with Crippen molar-refractivity contribution in [1.29, 1.82) is 0 Å². The maximum Gasteiger partial charge on any atom is 0.320 e. The lowest BCUT2D eigenvalue weighted by Gasteiger charge is -2.15. The number of alkyl halides is 2. The predicted octanol–water partition coefficient (Wildman–Crippen LogP) is 0.834. The summed E-state index contributed by atoms with van der Waals surface area (Å²) in [6.07, 6.45) is -1.17. The van der Waals surface area contributed by atoms with Crippen LogP contribution in [0, 0.1) is 0 Å². The Bertz CT molecular complexity index is 150. The highest BCUT2D eigenvalue weighted by Gasteiger charge is 2.31. The maximum absolute atomic E-state index is 12.4. The molecule has 1 atom stereocenters. The van der Waals surface area contributed by atoms with Gasteiger partial charge in [-0.05, 0) is 0 Å². The average Bonchev–Trinajstić information content (AvgIpc) is 1.87. The first-order valence-corrected chi connectivity index (χ1v) is 3.25. The van der Waals surface area contributed by atoms with Crippen LogP contribution in [-0.2, 0) is 4.79 Å². The molecule has 11 heavy (non-hydrogen) atoms. The van der Waals surface area contributed by atoms with Gasteiger partial charge >= 0.3 is 5.97 Å². The van der Waals surface area contributed by atoms with Crippen LogP contribution in [0.2, 0.25) is 0 Å². The summed E-state index contributed by atoms with van der Waals surface area (Å²) < 4.78 is 24.8. The van der Waals surface area contributed by atoms with Gasteiger partial charge in [0, 0.05) is 12.8 Å². The molecule has 0 radical (unpaired) electrons. The van der Waals surface area contributed by atoms with Crippen molar-refractivity contribution in [2.45, 2.75) is 31.7 Å². The summed E-state index contributed by atoms with van der Waals surface area (Å²) in [6, 6.07) is -1.47. The lowest BCUT2D eigenvalue weighted by Crippen LogP contribution is -2.36. The highest BCUT2D eigenvalue weighted by atomic mass is 19.3. The van der Waals surface area contributed by atoms with Crippen molar-refractivity contribution in [1.82, 2.24) is 0 Å². The van der Waals surface area contributed by atoms with Crippen molar-refractivity contribution in [3.8, 4) is 0 Å². The molecule has 0 fully saturated rings. The Balaban J connectivity index is 3.93. The van der Waals surface area contributed by atoms with E-state index in [1.807, 2.05) is 0 Å². The minimum atomic E-state index is -2.96. The van der Waals surface area contributed by atoms with E-state index in [1.54, 1.807) is 0 Å². The minimum absolute atomic E-state index is 0.381. The Morgan fingerprint density at radius 1 is 1.73 bits per heavy atom. The topological polar surface area (TPSA) is 63.3 Å². The Morgan fingerprint density at radius 2 is 2.18 bits per heavy atom. The number of halogens is 2. The average molecular weight is 167 g/mol. The summed E-state index contributed by atoms with van der Waals surface area (Å²) in [5, 5.41) is 8.18. The highest BCUT2D eigenvalue weighted by Crippen LogP contribution is 2.23. The molecule has 0 bridgehead atoms. The highest BCUT2D eigenvalue weighted by molar-refractivity contribution is 5.73. The molecule has 0 aromatic heterocycles. The molecule has 5 heteroatoms. The molecule has 66 valence electrons. The summed E-state index contributed by atoms with van der Waals surface area (Å²) in [4.78, 5) is 10.0. The smallest absolute Gasteiger partial charge is 0.320 e. The van der Waals surface area contributed by atoms with E-state index < -0.39 is 24.4 Å². The third-order valence-corrected chi connectivity index (χ3v) is 1.35. The molecule has 0 aromatic carbocycles. The van der Waals surface area contributed by atoms with Crippen LogP contribution in [0.15, 0.2) is 0 Å². The van der Waals surface area contributed by atoms with Crippen LogP contribution in [0.25, 0.3) is 0 Å². The molecule has 0 aromatic rings. The molecule has 0 unspecified atom stereocenters. The Kier molecular flexibility index (Phi) is 3.38. The molecule has 0 amide bonds. The van der Waals surface area contributed by atoms with E-state index in [-0.39, 0.29) is 6.42 Å². The normalized spacial score (nSPS) is 14.5. The number of aliphatic carboxylic acids is 1. The quantitative estimate of drug-likeness (QED) is 0.651. The summed E-state index contributed by atoms with van der Waals surface area (Å²) in [7, 11) is 0. The van der Waals surface area contributed by atoms with Gasteiger partial charge in [0.1, 0.15) is 6.04 Å². The van der Waals surface area contributed by atoms with E-state index in [0.717, 1.165) is 0 Å². The third kappa shape index (κ3) is 3.87. The van der Waals surface area contributed by atoms with Gasteiger partial charge in [-0.2, -0.15) is 0 Å². The molecule has 0 saturated carbocycles. The van der Waals surface area contributed by atoms with Gasteiger partial charge in [0.05, 0.1) is 0 Å². The fourth-order valence-electron chi connectivity index (χ4n) is 0.553. The minimum Gasteiger partial charge on any atom is -0.480 e. The van der Waals surface area contributed by atoms with E-state index in [1.165, 1.54) is 6.92 Å². The zero-order valence-corrected chi connectivity index (χ0v) is 6.18. The first-order chi connectivity index (χ1) is 4.89. The zero-order valence-electron chi connectivity index (χ0n) is 6.18. The predicted molar refractivity (Wildman–Crippen MR) is 35.5 cm³/mol. The van der Waals surface area contributed by atoms with Gasteiger partial charge in [0.25, 0.3) is 0 Å². The lowest BCUT2D eigenvalue weighted by molar-refractivity contribution is -0.141. The fraction of sp³-hybridized carbons (Fsp3) is 0.833. The number of carboxylic acids is 1. The van der Waals surface area contributed by atoms with E-state index >= 15 is 0 Å². The van der Waals surface area contributed by atoms with Crippen LogP contribution in [-0.4, -0.2) is 23.0 Å². The molecule has 0 aliphatic heterocycles. The first-order valence-electron chi connectivity index (χ1n) is 3.25. The van der Waals surface area contributed by atoms with Crippen molar-refractivity contribution in [2.75, 3.05) is 0 Å². The standard InChI is InChI=1S/C6H11F2NO2/c1-2-6(7,8)3-4(9)5(10)11/h4H,2-3,9H2,1H3,(H,10,11)/t4-/m1/s1. The number of hydrogen-bond donors (Lipinski definition) is 2. The summed E-state index contributed by atoms with van der Waals surface area (Å²) in [6.45, 7) is 1.29. The summed E-state index contributed by atoms with van der Waals surface area (Å²) >= 11 is 0. The van der Waals surface area contributed by atoms with Crippen molar-refractivity contribution < 1.29 is 18.7 Å². The second-order valence-electron chi connectivity index (χ2n) is 2.36. The molecule has 0 heterocycles. The third-order valence-electron chi connectivity index (χ3n) is 1.35. The first kappa shape index (κ1) is 10.3. The van der Waals surface area contributed by atoms with Crippen LogP contribution in [0.5, 0.6) is 0 Å². The van der Waals surface area contributed by atoms with Crippen LogP contribution in [0.1, 0.15) is 19.8 Å². The van der Waals surface area contributed by atoms with Crippen molar-refractivity contribution in [2.24, 2.45) is 5.73 Å². The largest absolute Gasteiger partial charge is 0.480 e. The van der Waals surface area contributed by atoms with Gasteiger partial charge in [0.2, 0.25) is 5.92 Å². The van der Waals surface area contributed by atoms with Gasteiger partial charge in [-0.3, -0.25) is 4.79 Å². The zero-order chi connectivity index (χ0) is 9.07. The van der Waals surface area contributed by atoms with Crippen molar-refractivity contribution in [3.05, 3.63) is 0 Å². The van der Waals surface area contributed by atoms with Crippen molar-refractivity contribution >= 4 is 5.97 Å². The molecule has 3 N–H and O–H groups in total. The van der Waals surface area contributed by atoms with E-state index in [4.69, 9.17) is 10.8 Å². The lowest BCUT2D eigenvalue weighted by atomic mass is 10.1. The molecule has 0 rings (SSSR count). The van der Waals surface area contributed by atoms with E-state index in [9.17, 15) is 13.6 Å². The second-order valence-corrected chi connectivity index (χ2v) is 2.36. The van der Waals surface area contributed by atoms with Gasteiger partial charge in [-0.25, -0.2) is 8.78 Å².